The van der Waals surface area contributed by atoms with Crippen LogP contribution in [0.4, 0.5) is 10.5 Å². The highest BCUT2D eigenvalue weighted by molar-refractivity contribution is 5.70. The van der Waals surface area contributed by atoms with E-state index in [4.69, 9.17) is 4.74 Å². The van der Waals surface area contributed by atoms with Gasteiger partial charge in [-0.15, -0.1) is 0 Å². The fraction of sp³-hybridized carbons (Fsp3) is 0.692. The molecule has 1 amide bonds. The van der Waals surface area contributed by atoms with Gasteiger partial charge in [-0.3, -0.25) is 5.10 Å². The number of hydrogen-bond acceptors (Lipinski definition) is 4. The summed E-state index contributed by atoms with van der Waals surface area (Å²) in [7, 11) is 0. The topological polar surface area (TPSA) is 70.2 Å². The third-order valence-electron chi connectivity index (χ3n) is 3.01. The van der Waals surface area contributed by atoms with Crippen molar-refractivity contribution in [1.29, 1.82) is 0 Å². The number of aryl methyl sites for hydroxylation is 2. The van der Waals surface area contributed by atoms with Crippen LogP contribution in [0.5, 0.6) is 0 Å². The number of aromatic nitrogens is 2. The number of rotatable bonds is 2. The molecule has 0 aromatic carbocycles. The van der Waals surface area contributed by atoms with Gasteiger partial charge in [-0.25, -0.2) is 4.79 Å². The van der Waals surface area contributed by atoms with Gasteiger partial charge in [0, 0.05) is 13.1 Å². The summed E-state index contributed by atoms with van der Waals surface area (Å²) < 4.78 is 5.31. The van der Waals surface area contributed by atoms with Crippen molar-refractivity contribution in [3.8, 4) is 0 Å². The Hall–Kier alpha value is -1.72. The number of ether oxygens (including phenoxy) is 1. The van der Waals surface area contributed by atoms with Crippen LogP contribution in [-0.2, 0) is 4.74 Å². The SMILES string of the molecule is Cc1n[nH]c(C)c1NC1CN(C(=O)OC(C)(C)C)C1. The van der Waals surface area contributed by atoms with Crippen molar-refractivity contribution in [2.75, 3.05) is 18.4 Å². The van der Waals surface area contributed by atoms with Crippen molar-refractivity contribution in [2.45, 2.75) is 46.3 Å². The van der Waals surface area contributed by atoms with Gasteiger partial charge in [-0.1, -0.05) is 0 Å². The molecular formula is C13H22N4O2. The van der Waals surface area contributed by atoms with Crippen molar-refractivity contribution in [3.05, 3.63) is 11.4 Å². The second kappa shape index (κ2) is 4.75. The highest BCUT2D eigenvalue weighted by Crippen LogP contribution is 2.22. The molecule has 0 spiro atoms. The van der Waals surface area contributed by atoms with Gasteiger partial charge in [0.2, 0.25) is 0 Å². The second-order valence-electron chi connectivity index (χ2n) is 6.04. The molecule has 2 N–H and O–H groups in total. The van der Waals surface area contributed by atoms with E-state index in [2.05, 4.69) is 15.5 Å². The van der Waals surface area contributed by atoms with Gasteiger partial charge in [0.1, 0.15) is 5.60 Å². The molecule has 1 aromatic heterocycles. The Morgan fingerprint density at radius 1 is 1.42 bits per heavy atom. The first-order valence-electron chi connectivity index (χ1n) is 6.52. The molecule has 6 nitrogen and oxygen atoms in total. The summed E-state index contributed by atoms with van der Waals surface area (Å²) >= 11 is 0. The third-order valence-corrected chi connectivity index (χ3v) is 3.01. The van der Waals surface area contributed by atoms with Crippen molar-refractivity contribution in [2.24, 2.45) is 0 Å². The molecule has 0 atom stereocenters. The van der Waals surface area contributed by atoms with Gasteiger partial charge in [-0.05, 0) is 34.6 Å². The fourth-order valence-electron chi connectivity index (χ4n) is 2.01. The number of H-pyrrole nitrogens is 1. The monoisotopic (exact) mass is 266 g/mol. The minimum atomic E-state index is -0.437. The van der Waals surface area contributed by atoms with E-state index in [1.807, 2.05) is 34.6 Å². The first kappa shape index (κ1) is 13.7. The summed E-state index contributed by atoms with van der Waals surface area (Å²) in [4.78, 5) is 13.5. The minimum absolute atomic E-state index is 0.244. The predicted octanol–water partition coefficient (Wildman–Crippen LogP) is 2.06. The summed E-state index contributed by atoms with van der Waals surface area (Å²) in [6.45, 7) is 10.9. The summed E-state index contributed by atoms with van der Waals surface area (Å²) in [6.07, 6.45) is -0.244. The van der Waals surface area contributed by atoms with Crippen LogP contribution in [0.3, 0.4) is 0 Å². The van der Waals surface area contributed by atoms with Crippen molar-refractivity contribution < 1.29 is 9.53 Å². The van der Waals surface area contributed by atoms with E-state index in [0.717, 1.165) is 17.1 Å². The maximum Gasteiger partial charge on any atom is 0.410 e. The molecule has 19 heavy (non-hydrogen) atoms. The first-order chi connectivity index (χ1) is 8.76. The Labute approximate surface area is 113 Å². The van der Waals surface area contributed by atoms with E-state index in [0.29, 0.717) is 13.1 Å². The Morgan fingerprint density at radius 2 is 2.05 bits per heavy atom. The molecule has 2 rings (SSSR count). The lowest BCUT2D eigenvalue weighted by Gasteiger charge is -2.40. The number of carbonyl (C=O) groups excluding carboxylic acids is 1. The molecule has 6 heteroatoms. The molecule has 106 valence electrons. The van der Waals surface area contributed by atoms with Crippen molar-refractivity contribution >= 4 is 11.8 Å². The molecule has 1 aromatic rings. The van der Waals surface area contributed by atoms with E-state index in [-0.39, 0.29) is 12.1 Å². The summed E-state index contributed by atoms with van der Waals surface area (Å²) in [6, 6.07) is 0.266. The highest BCUT2D eigenvalue weighted by Gasteiger charge is 2.34. The van der Waals surface area contributed by atoms with Crippen LogP contribution >= 0.6 is 0 Å². The quantitative estimate of drug-likeness (QED) is 0.859. The first-order valence-corrected chi connectivity index (χ1v) is 6.52. The molecule has 0 aliphatic carbocycles. The second-order valence-corrected chi connectivity index (χ2v) is 6.04. The van der Waals surface area contributed by atoms with Gasteiger partial charge in [0.05, 0.1) is 23.1 Å². The summed E-state index contributed by atoms with van der Waals surface area (Å²) in [5.41, 5.74) is 2.57. The Bertz CT molecular complexity index is 450. The zero-order valence-corrected chi connectivity index (χ0v) is 12.2. The molecule has 2 heterocycles. The molecule has 1 fully saturated rings. The smallest absolute Gasteiger partial charge is 0.410 e. The van der Waals surface area contributed by atoms with E-state index in [9.17, 15) is 4.79 Å². The fourth-order valence-corrected chi connectivity index (χ4v) is 2.01. The van der Waals surface area contributed by atoms with Gasteiger partial charge in [-0.2, -0.15) is 5.10 Å². The van der Waals surface area contributed by atoms with Crippen LogP contribution < -0.4 is 5.32 Å². The molecular weight excluding hydrogens is 244 g/mol. The average Bonchev–Trinajstić information content (AvgIpc) is 2.50. The molecule has 1 aliphatic heterocycles. The van der Waals surface area contributed by atoms with E-state index < -0.39 is 5.60 Å². The van der Waals surface area contributed by atoms with E-state index in [1.54, 1.807) is 4.90 Å². The maximum absolute atomic E-state index is 11.8. The lowest BCUT2D eigenvalue weighted by molar-refractivity contribution is 0.0105. The number of anilines is 1. The number of amides is 1. The largest absolute Gasteiger partial charge is 0.444 e. The summed E-state index contributed by atoms with van der Waals surface area (Å²) in [5, 5.41) is 10.5. The standard InChI is InChI=1S/C13H22N4O2/c1-8-11(9(2)16-15-8)14-10-6-17(7-10)12(18)19-13(3,4)5/h10,14H,6-7H2,1-5H3,(H,15,16). The zero-order chi connectivity index (χ0) is 14.2. The highest BCUT2D eigenvalue weighted by atomic mass is 16.6. The van der Waals surface area contributed by atoms with Crippen LogP contribution in [0, 0.1) is 13.8 Å². The Balaban J connectivity index is 1.82. The average molecular weight is 266 g/mol. The van der Waals surface area contributed by atoms with Crippen LogP contribution in [0.15, 0.2) is 0 Å². The normalized spacial score (nSPS) is 16.2. The predicted molar refractivity (Wildman–Crippen MR) is 73.3 cm³/mol. The maximum atomic E-state index is 11.8. The molecule has 1 aliphatic rings. The van der Waals surface area contributed by atoms with Crippen LogP contribution in [0.1, 0.15) is 32.2 Å². The van der Waals surface area contributed by atoms with Gasteiger partial charge < -0.3 is 15.0 Å². The van der Waals surface area contributed by atoms with Crippen LogP contribution in [-0.4, -0.2) is 45.9 Å². The minimum Gasteiger partial charge on any atom is -0.444 e. The lowest BCUT2D eigenvalue weighted by atomic mass is 10.1. The van der Waals surface area contributed by atoms with Gasteiger partial charge >= 0.3 is 6.09 Å². The number of hydrogen-bond donors (Lipinski definition) is 2. The zero-order valence-electron chi connectivity index (χ0n) is 12.2. The lowest BCUT2D eigenvalue weighted by Crippen LogP contribution is -2.58. The molecule has 0 unspecified atom stereocenters. The number of likely N-dealkylation sites (tertiary alicyclic amines) is 1. The van der Waals surface area contributed by atoms with Gasteiger partial charge in [0.15, 0.2) is 0 Å². The van der Waals surface area contributed by atoms with E-state index >= 15 is 0 Å². The van der Waals surface area contributed by atoms with Crippen LogP contribution in [0.25, 0.3) is 0 Å². The molecule has 0 saturated carbocycles. The van der Waals surface area contributed by atoms with E-state index in [1.165, 1.54) is 0 Å². The van der Waals surface area contributed by atoms with Gasteiger partial charge in [0.25, 0.3) is 0 Å². The number of carbonyl (C=O) groups is 1. The molecule has 0 radical (unpaired) electrons. The van der Waals surface area contributed by atoms with Crippen molar-refractivity contribution in [1.82, 2.24) is 15.1 Å². The molecule has 1 saturated heterocycles. The van der Waals surface area contributed by atoms with Crippen LogP contribution in [0.2, 0.25) is 0 Å². The van der Waals surface area contributed by atoms with Crippen molar-refractivity contribution in [3.63, 3.8) is 0 Å². The summed E-state index contributed by atoms with van der Waals surface area (Å²) in [5.74, 6) is 0. The number of aromatic amines is 1. The third kappa shape index (κ3) is 3.19. The molecule has 0 bridgehead atoms. The number of nitrogens with one attached hydrogen (secondary N) is 2. The Morgan fingerprint density at radius 3 is 2.53 bits per heavy atom. The number of nitrogens with zero attached hydrogens (tertiary/aromatic N) is 2. The Kier molecular flexibility index (Phi) is 3.43.